The van der Waals surface area contributed by atoms with Gasteiger partial charge in [-0.05, 0) is 12.0 Å². The van der Waals surface area contributed by atoms with Crippen LogP contribution in [0, 0.1) is 0 Å². The SMILES string of the molecule is CCC(CO[Si](=O)OC)c1ccccc1. The average Bonchev–Trinajstić information content (AvgIpc) is 2.31. The van der Waals surface area contributed by atoms with Crippen molar-refractivity contribution in [1.29, 1.82) is 0 Å². The molecule has 0 aliphatic rings. The second-order valence-corrected chi connectivity index (χ2v) is 4.48. The van der Waals surface area contributed by atoms with Crippen LogP contribution in [-0.2, 0) is 13.3 Å². The lowest BCUT2D eigenvalue weighted by Crippen LogP contribution is -2.15. The predicted octanol–water partition coefficient (Wildman–Crippen LogP) is 2.26. The van der Waals surface area contributed by atoms with E-state index in [0.29, 0.717) is 6.61 Å². The molecular weight excluding hydrogens is 208 g/mol. The highest BCUT2D eigenvalue weighted by Crippen LogP contribution is 2.19. The summed E-state index contributed by atoms with van der Waals surface area (Å²) in [6, 6.07) is 10.1. The Kier molecular flexibility index (Phi) is 5.04. The first kappa shape index (κ1) is 11.9. The minimum Gasteiger partial charge on any atom is -0.499 e. The van der Waals surface area contributed by atoms with Crippen LogP contribution >= 0.6 is 0 Å². The van der Waals surface area contributed by atoms with Gasteiger partial charge in [0.25, 0.3) is 0 Å². The number of rotatable bonds is 6. The molecule has 0 aliphatic heterocycles. The minimum absolute atomic E-state index is 0.287. The number of hydrogen-bond acceptors (Lipinski definition) is 3. The molecule has 1 rings (SSSR count). The van der Waals surface area contributed by atoms with Gasteiger partial charge in [0.05, 0.1) is 13.7 Å². The van der Waals surface area contributed by atoms with Gasteiger partial charge < -0.3 is 8.85 Å². The molecule has 3 nitrogen and oxygen atoms in total. The van der Waals surface area contributed by atoms with Crippen molar-refractivity contribution in [2.75, 3.05) is 13.7 Å². The van der Waals surface area contributed by atoms with Crippen LogP contribution in [0.15, 0.2) is 30.3 Å². The summed E-state index contributed by atoms with van der Waals surface area (Å²) >= 11 is 0. The summed E-state index contributed by atoms with van der Waals surface area (Å²) in [5.41, 5.74) is 1.21. The van der Waals surface area contributed by atoms with Gasteiger partial charge in [-0.25, -0.2) is 0 Å². The molecule has 0 fully saturated rings. The molecule has 0 aliphatic carbocycles. The van der Waals surface area contributed by atoms with E-state index in [9.17, 15) is 4.46 Å². The Morgan fingerprint density at radius 1 is 1.33 bits per heavy atom. The maximum atomic E-state index is 11.0. The molecule has 1 atom stereocenters. The predicted molar refractivity (Wildman–Crippen MR) is 58.9 cm³/mol. The second-order valence-electron chi connectivity index (χ2n) is 3.28. The van der Waals surface area contributed by atoms with Crippen LogP contribution in [0.1, 0.15) is 24.8 Å². The van der Waals surface area contributed by atoms with Crippen LogP contribution in [0.2, 0.25) is 0 Å². The Labute approximate surface area is 91.9 Å². The molecule has 0 saturated heterocycles. The first-order valence-electron chi connectivity index (χ1n) is 5.03. The van der Waals surface area contributed by atoms with Gasteiger partial charge in [0.2, 0.25) is 0 Å². The Balaban J connectivity index is 2.53. The third kappa shape index (κ3) is 3.83. The summed E-state index contributed by atoms with van der Waals surface area (Å²) in [6.07, 6.45) is 0.961. The fraction of sp³-hybridized carbons (Fsp3) is 0.455. The quantitative estimate of drug-likeness (QED) is 0.695. The summed E-state index contributed by atoms with van der Waals surface area (Å²) in [4.78, 5) is 0. The molecule has 82 valence electrons. The summed E-state index contributed by atoms with van der Waals surface area (Å²) in [5, 5.41) is 0. The average molecular weight is 224 g/mol. The van der Waals surface area contributed by atoms with E-state index < -0.39 is 9.17 Å². The van der Waals surface area contributed by atoms with Crippen molar-refractivity contribution in [2.45, 2.75) is 19.3 Å². The smallest absolute Gasteiger partial charge is 0.499 e. The Hall–Kier alpha value is -1.16. The number of benzene rings is 1. The van der Waals surface area contributed by atoms with Gasteiger partial charge in [-0.1, -0.05) is 37.3 Å². The molecular formula is C11H16O3Si. The first-order valence-corrected chi connectivity index (χ1v) is 6.26. The van der Waals surface area contributed by atoms with Gasteiger partial charge in [0, 0.05) is 5.92 Å². The van der Waals surface area contributed by atoms with Crippen LogP contribution < -0.4 is 0 Å². The highest BCUT2D eigenvalue weighted by Gasteiger charge is 2.14. The minimum atomic E-state index is -2.29. The van der Waals surface area contributed by atoms with E-state index in [0.717, 1.165) is 6.42 Å². The van der Waals surface area contributed by atoms with Gasteiger partial charge in [0.1, 0.15) is 0 Å². The summed E-state index contributed by atoms with van der Waals surface area (Å²) < 4.78 is 20.7. The molecule has 0 aromatic heterocycles. The third-order valence-corrected chi connectivity index (χ3v) is 3.07. The van der Waals surface area contributed by atoms with Gasteiger partial charge in [-0.15, -0.1) is 0 Å². The molecule has 0 radical (unpaired) electrons. The van der Waals surface area contributed by atoms with Crippen molar-refractivity contribution < 1.29 is 13.3 Å². The summed E-state index contributed by atoms with van der Waals surface area (Å²) in [5.74, 6) is 0.287. The van der Waals surface area contributed by atoms with E-state index in [-0.39, 0.29) is 5.92 Å². The lowest BCUT2D eigenvalue weighted by Gasteiger charge is -2.14. The van der Waals surface area contributed by atoms with Crippen molar-refractivity contribution in [3.63, 3.8) is 0 Å². The molecule has 0 amide bonds. The fourth-order valence-corrected chi connectivity index (χ4v) is 1.86. The van der Waals surface area contributed by atoms with Crippen molar-refractivity contribution >= 4 is 9.17 Å². The van der Waals surface area contributed by atoms with Crippen LogP contribution in [0.5, 0.6) is 0 Å². The maximum Gasteiger partial charge on any atom is 0.767 e. The molecule has 0 saturated carbocycles. The van der Waals surface area contributed by atoms with Crippen molar-refractivity contribution in [3.05, 3.63) is 35.9 Å². The lowest BCUT2D eigenvalue weighted by molar-refractivity contribution is 0.184. The van der Waals surface area contributed by atoms with Gasteiger partial charge in [-0.2, -0.15) is 0 Å². The molecule has 0 heterocycles. The van der Waals surface area contributed by atoms with Crippen LogP contribution in [0.25, 0.3) is 0 Å². The zero-order valence-electron chi connectivity index (χ0n) is 9.10. The van der Waals surface area contributed by atoms with Crippen LogP contribution in [0.4, 0.5) is 0 Å². The zero-order valence-corrected chi connectivity index (χ0v) is 10.1. The van der Waals surface area contributed by atoms with Crippen molar-refractivity contribution in [2.24, 2.45) is 0 Å². The van der Waals surface area contributed by atoms with E-state index in [4.69, 9.17) is 4.43 Å². The molecule has 15 heavy (non-hydrogen) atoms. The third-order valence-electron chi connectivity index (χ3n) is 2.33. The van der Waals surface area contributed by atoms with E-state index in [1.54, 1.807) is 0 Å². The standard InChI is InChI=1S/C11H16O3Si/c1-3-10(9-14-15(12)13-2)11-7-5-4-6-8-11/h4-8,10H,3,9H2,1-2H3. The molecule has 0 spiro atoms. The molecule has 0 bridgehead atoms. The first-order chi connectivity index (χ1) is 7.27. The fourth-order valence-electron chi connectivity index (χ4n) is 1.40. The molecule has 1 unspecified atom stereocenters. The second kappa shape index (κ2) is 6.34. The zero-order chi connectivity index (χ0) is 11.1. The molecule has 1 aromatic carbocycles. The highest BCUT2D eigenvalue weighted by molar-refractivity contribution is 6.26. The molecule has 0 N–H and O–H groups in total. The normalized spacial score (nSPS) is 11.9. The molecule has 1 aromatic rings. The lowest BCUT2D eigenvalue weighted by atomic mass is 9.98. The van der Waals surface area contributed by atoms with Gasteiger partial charge in [0.15, 0.2) is 0 Å². The highest BCUT2D eigenvalue weighted by atomic mass is 28.3. The van der Waals surface area contributed by atoms with Crippen LogP contribution in [-0.4, -0.2) is 22.9 Å². The van der Waals surface area contributed by atoms with Crippen LogP contribution in [0.3, 0.4) is 0 Å². The molecule has 4 heteroatoms. The summed E-state index contributed by atoms with van der Waals surface area (Å²) in [6.45, 7) is 2.54. The van der Waals surface area contributed by atoms with Gasteiger partial charge >= 0.3 is 9.17 Å². The Bertz CT molecular complexity index is 300. The van der Waals surface area contributed by atoms with E-state index in [1.165, 1.54) is 12.7 Å². The number of hydrogen-bond donors (Lipinski definition) is 0. The van der Waals surface area contributed by atoms with E-state index in [1.807, 2.05) is 18.2 Å². The summed E-state index contributed by atoms with van der Waals surface area (Å²) in [7, 11) is -0.897. The van der Waals surface area contributed by atoms with Crippen molar-refractivity contribution in [3.8, 4) is 0 Å². The van der Waals surface area contributed by atoms with Gasteiger partial charge in [-0.3, -0.25) is 4.46 Å². The maximum absolute atomic E-state index is 11.0. The van der Waals surface area contributed by atoms with E-state index in [2.05, 4.69) is 23.5 Å². The van der Waals surface area contributed by atoms with E-state index >= 15 is 0 Å². The Morgan fingerprint density at radius 2 is 2.00 bits per heavy atom. The monoisotopic (exact) mass is 224 g/mol. The Morgan fingerprint density at radius 3 is 2.53 bits per heavy atom. The topological polar surface area (TPSA) is 35.5 Å². The van der Waals surface area contributed by atoms with Crippen molar-refractivity contribution in [1.82, 2.24) is 0 Å². The largest absolute Gasteiger partial charge is 0.767 e.